The number of aromatic carboxylic acids is 1. The van der Waals surface area contributed by atoms with Crippen LogP contribution in [0.2, 0.25) is 0 Å². The largest absolute Gasteiger partial charge is 0.492 e. The zero-order valence-corrected chi connectivity index (χ0v) is 10.6. The van der Waals surface area contributed by atoms with E-state index in [2.05, 4.69) is 11.8 Å². The van der Waals surface area contributed by atoms with Crippen LogP contribution in [0.1, 0.15) is 23.7 Å². The van der Waals surface area contributed by atoms with Gasteiger partial charge in [-0.05, 0) is 29.8 Å². The van der Waals surface area contributed by atoms with Crippen molar-refractivity contribution in [2.24, 2.45) is 0 Å². The van der Waals surface area contributed by atoms with E-state index in [0.29, 0.717) is 18.8 Å². The van der Waals surface area contributed by atoms with E-state index in [4.69, 9.17) is 4.74 Å². The zero-order valence-electron chi connectivity index (χ0n) is 10.6. The van der Waals surface area contributed by atoms with Crippen LogP contribution < -0.4 is 4.74 Å². The standard InChI is InChI=1S/C16H14O3/c1-2-3-6-9-19-15-11-13-8-5-4-7-12(13)10-14(15)16(17)18/h4-5,7-8,10-11H,6,9H2,1H3,(H,17,18). The second-order valence-corrected chi connectivity index (χ2v) is 4.03. The van der Waals surface area contributed by atoms with E-state index in [1.54, 1.807) is 19.1 Å². The number of rotatable bonds is 4. The summed E-state index contributed by atoms with van der Waals surface area (Å²) < 4.78 is 5.53. The quantitative estimate of drug-likeness (QED) is 0.672. The summed E-state index contributed by atoms with van der Waals surface area (Å²) in [6.45, 7) is 2.15. The first-order valence-corrected chi connectivity index (χ1v) is 6.01. The fourth-order valence-electron chi connectivity index (χ4n) is 1.84. The van der Waals surface area contributed by atoms with Crippen LogP contribution in [0.5, 0.6) is 5.75 Å². The third-order valence-corrected chi connectivity index (χ3v) is 2.74. The monoisotopic (exact) mass is 254 g/mol. The lowest BCUT2D eigenvalue weighted by Gasteiger charge is -2.09. The molecule has 2 aromatic rings. The van der Waals surface area contributed by atoms with E-state index in [9.17, 15) is 9.90 Å². The summed E-state index contributed by atoms with van der Waals surface area (Å²) in [7, 11) is 0. The molecule has 0 atom stereocenters. The maximum Gasteiger partial charge on any atom is 0.339 e. The number of hydrogen-bond acceptors (Lipinski definition) is 2. The van der Waals surface area contributed by atoms with E-state index in [1.807, 2.05) is 24.3 Å². The summed E-state index contributed by atoms with van der Waals surface area (Å²) in [5, 5.41) is 11.1. The van der Waals surface area contributed by atoms with E-state index < -0.39 is 5.97 Å². The maximum atomic E-state index is 11.2. The normalized spacial score (nSPS) is 9.74. The number of carboxylic acid groups (broad SMARTS) is 1. The molecule has 0 aromatic heterocycles. The third kappa shape index (κ3) is 3.05. The van der Waals surface area contributed by atoms with Gasteiger partial charge < -0.3 is 9.84 Å². The summed E-state index contributed by atoms with van der Waals surface area (Å²) in [6, 6.07) is 11.0. The number of hydrogen-bond donors (Lipinski definition) is 1. The van der Waals surface area contributed by atoms with E-state index in [-0.39, 0.29) is 5.56 Å². The highest BCUT2D eigenvalue weighted by Gasteiger charge is 2.12. The molecule has 3 nitrogen and oxygen atoms in total. The molecule has 0 saturated carbocycles. The van der Waals surface area contributed by atoms with E-state index in [1.165, 1.54) is 0 Å². The Bertz CT molecular complexity index is 662. The van der Waals surface area contributed by atoms with Gasteiger partial charge in [0.15, 0.2) is 0 Å². The number of carbonyl (C=O) groups is 1. The summed E-state index contributed by atoms with van der Waals surface area (Å²) >= 11 is 0. The maximum absolute atomic E-state index is 11.2. The number of ether oxygens (including phenoxy) is 1. The van der Waals surface area contributed by atoms with Crippen molar-refractivity contribution >= 4 is 16.7 Å². The van der Waals surface area contributed by atoms with Crippen LogP contribution in [0, 0.1) is 11.8 Å². The summed E-state index contributed by atoms with van der Waals surface area (Å²) in [5.74, 6) is 5.07. The first-order valence-electron chi connectivity index (χ1n) is 6.01. The Kier molecular flexibility index (Phi) is 4.04. The fraction of sp³-hybridized carbons (Fsp3) is 0.188. The van der Waals surface area contributed by atoms with Crippen LogP contribution in [-0.2, 0) is 0 Å². The Labute approximate surface area is 111 Å². The van der Waals surface area contributed by atoms with Gasteiger partial charge in [-0.3, -0.25) is 0 Å². The molecule has 0 radical (unpaired) electrons. The van der Waals surface area contributed by atoms with Crippen molar-refractivity contribution in [3.8, 4) is 17.6 Å². The Morgan fingerprint density at radius 3 is 2.58 bits per heavy atom. The van der Waals surface area contributed by atoms with Gasteiger partial charge in [0.05, 0.1) is 6.61 Å². The first kappa shape index (κ1) is 13.0. The Morgan fingerprint density at radius 2 is 1.95 bits per heavy atom. The number of benzene rings is 2. The molecule has 0 aliphatic carbocycles. The minimum absolute atomic E-state index is 0.183. The van der Waals surface area contributed by atoms with Crippen molar-refractivity contribution in [2.75, 3.05) is 6.61 Å². The average Bonchev–Trinajstić information content (AvgIpc) is 2.42. The SMILES string of the molecule is CC#CCCOc1cc2ccccc2cc1C(=O)O. The molecule has 0 saturated heterocycles. The highest BCUT2D eigenvalue weighted by atomic mass is 16.5. The molecule has 0 bridgehead atoms. The topological polar surface area (TPSA) is 46.5 Å². The number of carboxylic acids is 1. The van der Waals surface area contributed by atoms with Crippen LogP contribution in [-0.4, -0.2) is 17.7 Å². The molecule has 0 aliphatic rings. The molecule has 19 heavy (non-hydrogen) atoms. The van der Waals surface area contributed by atoms with Gasteiger partial charge in [-0.2, -0.15) is 0 Å². The van der Waals surface area contributed by atoms with Crippen LogP contribution in [0.3, 0.4) is 0 Å². The predicted octanol–water partition coefficient (Wildman–Crippen LogP) is 3.33. The molecule has 1 N–H and O–H groups in total. The van der Waals surface area contributed by atoms with Gasteiger partial charge in [-0.15, -0.1) is 11.8 Å². The lowest BCUT2D eigenvalue weighted by atomic mass is 10.1. The van der Waals surface area contributed by atoms with Gasteiger partial charge in [0, 0.05) is 6.42 Å². The van der Waals surface area contributed by atoms with Gasteiger partial charge >= 0.3 is 5.97 Å². The molecule has 3 heteroatoms. The molecule has 0 unspecified atom stereocenters. The molecule has 96 valence electrons. The summed E-state index contributed by atoms with van der Waals surface area (Å²) in [4.78, 5) is 11.2. The van der Waals surface area contributed by atoms with E-state index >= 15 is 0 Å². The van der Waals surface area contributed by atoms with Crippen LogP contribution in [0.25, 0.3) is 10.8 Å². The minimum Gasteiger partial charge on any atom is -0.492 e. The lowest BCUT2D eigenvalue weighted by Crippen LogP contribution is -2.04. The summed E-state index contributed by atoms with van der Waals surface area (Å²) in [5.41, 5.74) is 0.183. The lowest BCUT2D eigenvalue weighted by molar-refractivity contribution is 0.0692. The minimum atomic E-state index is -0.984. The Hall–Kier alpha value is -2.47. The van der Waals surface area contributed by atoms with Gasteiger partial charge in [0.25, 0.3) is 0 Å². The van der Waals surface area contributed by atoms with Crippen molar-refractivity contribution in [1.29, 1.82) is 0 Å². The highest BCUT2D eigenvalue weighted by molar-refractivity contribution is 5.97. The van der Waals surface area contributed by atoms with Gasteiger partial charge in [-0.1, -0.05) is 24.3 Å². The van der Waals surface area contributed by atoms with Crippen LogP contribution in [0.15, 0.2) is 36.4 Å². The molecule has 2 aromatic carbocycles. The molecular weight excluding hydrogens is 240 g/mol. The smallest absolute Gasteiger partial charge is 0.339 e. The predicted molar refractivity (Wildman–Crippen MR) is 74.5 cm³/mol. The van der Waals surface area contributed by atoms with Crippen molar-refractivity contribution in [2.45, 2.75) is 13.3 Å². The number of fused-ring (bicyclic) bond motifs is 1. The van der Waals surface area contributed by atoms with Crippen molar-refractivity contribution < 1.29 is 14.6 Å². The molecule has 0 spiro atoms. The van der Waals surface area contributed by atoms with Crippen molar-refractivity contribution in [3.63, 3.8) is 0 Å². The van der Waals surface area contributed by atoms with Crippen LogP contribution in [0.4, 0.5) is 0 Å². The van der Waals surface area contributed by atoms with Crippen molar-refractivity contribution in [3.05, 3.63) is 42.0 Å². The highest BCUT2D eigenvalue weighted by Crippen LogP contribution is 2.26. The second-order valence-electron chi connectivity index (χ2n) is 4.03. The Balaban J connectivity index is 2.35. The first-order chi connectivity index (χ1) is 9.22. The van der Waals surface area contributed by atoms with E-state index in [0.717, 1.165) is 10.8 Å². The van der Waals surface area contributed by atoms with Gasteiger partial charge in [-0.25, -0.2) is 4.79 Å². The zero-order chi connectivity index (χ0) is 13.7. The molecule has 2 rings (SSSR count). The molecular formula is C16H14O3. The average molecular weight is 254 g/mol. The third-order valence-electron chi connectivity index (χ3n) is 2.74. The van der Waals surface area contributed by atoms with Gasteiger partial charge in [0.2, 0.25) is 0 Å². The molecule has 0 amide bonds. The molecule has 0 fully saturated rings. The Morgan fingerprint density at radius 1 is 1.26 bits per heavy atom. The summed E-state index contributed by atoms with van der Waals surface area (Å²) in [6.07, 6.45) is 0.586. The second kappa shape index (κ2) is 5.92. The van der Waals surface area contributed by atoms with Crippen LogP contribution >= 0.6 is 0 Å². The van der Waals surface area contributed by atoms with Gasteiger partial charge in [0.1, 0.15) is 11.3 Å². The molecule has 0 heterocycles. The molecule has 0 aliphatic heterocycles. The fourth-order valence-corrected chi connectivity index (χ4v) is 1.84. The van der Waals surface area contributed by atoms with Crippen molar-refractivity contribution in [1.82, 2.24) is 0 Å².